The van der Waals surface area contributed by atoms with Crippen molar-refractivity contribution in [3.05, 3.63) is 57.0 Å². The number of anilines is 1. The van der Waals surface area contributed by atoms with E-state index in [1.807, 2.05) is 6.92 Å². The monoisotopic (exact) mass is 356 g/mol. The van der Waals surface area contributed by atoms with Crippen molar-refractivity contribution >= 4 is 39.1 Å². The molecule has 0 radical (unpaired) electrons. The highest BCUT2D eigenvalue weighted by Gasteiger charge is 2.19. The molecular weight excluding hydrogens is 340 g/mol. The summed E-state index contributed by atoms with van der Waals surface area (Å²) in [6, 6.07) is 6.28. The largest absolute Gasteiger partial charge is 0.366 e. The molecule has 0 aliphatic heterocycles. The van der Waals surface area contributed by atoms with Gasteiger partial charge in [0.05, 0.1) is 16.6 Å². The first-order valence-electron chi connectivity index (χ1n) is 7.62. The maximum absolute atomic E-state index is 12.6. The van der Waals surface area contributed by atoms with Crippen LogP contribution < -0.4 is 16.6 Å². The first kappa shape index (κ1) is 16.8. The number of nitrogens with one attached hydrogen (secondary N) is 1. The van der Waals surface area contributed by atoms with Gasteiger partial charge >= 0.3 is 0 Å². The van der Waals surface area contributed by atoms with Crippen molar-refractivity contribution in [1.82, 2.24) is 9.55 Å². The second kappa shape index (κ2) is 6.48. The highest BCUT2D eigenvalue weighted by Crippen LogP contribution is 2.27. The third kappa shape index (κ3) is 3.03. The lowest BCUT2D eigenvalue weighted by molar-refractivity contribution is 0.0998. The van der Waals surface area contributed by atoms with E-state index in [-0.39, 0.29) is 11.5 Å². The minimum Gasteiger partial charge on any atom is -0.366 e. The highest BCUT2D eigenvalue weighted by molar-refractivity contribution is 7.20. The van der Waals surface area contributed by atoms with Gasteiger partial charge < -0.3 is 11.1 Å². The molecule has 7 nitrogen and oxygen atoms in total. The topological polar surface area (TPSA) is 107 Å². The zero-order valence-corrected chi connectivity index (χ0v) is 14.5. The van der Waals surface area contributed by atoms with Crippen molar-refractivity contribution in [3.8, 4) is 0 Å². The van der Waals surface area contributed by atoms with E-state index in [2.05, 4.69) is 10.3 Å². The van der Waals surface area contributed by atoms with Gasteiger partial charge in [0, 0.05) is 17.8 Å². The number of carbonyl (C=O) groups is 2. The van der Waals surface area contributed by atoms with E-state index in [0.29, 0.717) is 38.5 Å². The maximum atomic E-state index is 12.6. The summed E-state index contributed by atoms with van der Waals surface area (Å²) in [6.07, 6.45) is 1.49. The molecule has 0 atom stereocenters. The van der Waals surface area contributed by atoms with Crippen molar-refractivity contribution in [1.29, 1.82) is 0 Å². The van der Waals surface area contributed by atoms with E-state index in [4.69, 9.17) is 5.73 Å². The molecule has 0 aliphatic carbocycles. The van der Waals surface area contributed by atoms with E-state index in [9.17, 15) is 14.4 Å². The standard InChI is InChI=1S/C17H16N4O3S/c1-3-21-8-19-16-12(17(21)24)9(2)13(25-16)15(23)20-11-6-4-10(5-7-11)14(18)22/h4-8H,3H2,1-2H3,(H2,18,22)(H,20,23). The van der Waals surface area contributed by atoms with Gasteiger partial charge in [-0.25, -0.2) is 4.98 Å². The molecular formula is C17H16N4O3S. The fraction of sp³-hybridized carbons (Fsp3) is 0.176. The molecule has 1 aromatic carbocycles. The van der Waals surface area contributed by atoms with Crippen molar-refractivity contribution in [3.63, 3.8) is 0 Å². The zero-order chi connectivity index (χ0) is 18.1. The summed E-state index contributed by atoms with van der Waals surface area (Å²) in [4.78, 5) is 41.3. The average molecular weight is 356 g/mol. The van der Waals surface area contributed by atoms with Crippen molar-refractivity contribution in [2.45, 2.75) is 20.4 Å². The summed E-state index contributed by atoms with van der Waals surface area (Å²) in [5, 5.41) is 3.23. The van der Waals surface area contributed by atoms with Crippen LogP contribution in [0.25, 0.3) is 10.2 Å². The molecule has 3 aromatic rings. The van der Waals surface area contributed by atoms with Crippen LogP contribution in [0.3, 0.4) is 0 Å². The van der Waals surface area contributed by atoms with Crippen LogP contribution in [0, 0.1) is 6.92 Å². The molecule has 3 N–H and O–H groups in total. The summed E-state index contributed by atoms with van der Waals surface area (Å²) in [5.74, 6) is -0.855. The number of benzene rings is 1. The molecule has 0 bridgehead atoms. The lowest BCUT2D eigenvalue weighted by atomic mass is 10.2. The quantitative estimate of drug-likeness (QED) is 0.746. The SMILES string of the molecule is CCn1cnc2sc(C(=O)Nc3ccc(C(N)=O)cc3)c(C)c2c1=O. The molecule has 0 saturated heterocycles. The summed E-state index contributed by atoms with van der Waals surface area (Å²) in [5.41, 5.74) is 6.56. The molecule has 3 rings (SSSR count). The lowest BCUT2D eigenvalue weighted by Gasteiger charge is -2.05. The van der Waals surface area contributed by atoms with Gasteiger partial charge in [-0.2, -0.15) is 0 Å². The van der Waals surface area contributed by atoms with Crippen molar-refractivity contribution in [2.24, 2.45) is 5.73 Å². The number of aromatic nitrogens is 2. The van der Waals surface area contributed by atoms with E-state index < -0.39 is 5.91 Å². The number of hydrogen-bond donors (Lipinski definition) is 2. The van der Waals surface area contributed by atoms with Crippen LogP contribution in [0.5, 0.6) is 0 Å². The number of nitrogens with zero attached hydrogens (tertiary/aromatic N) is 2. The van der Waals surface area contributed by atoms with Gasteiger partial charge in [0.25, 0.3) is 11.5 Å². The van der Waals surface area contributed by atoms with Gasteiger partial charge in [-0.05, 0) is 43.7 Å². The number of fused-ring (bicyclic) bond motifs is 1. The predicted octanol–water partition coefficient (Wildman–Crippen LogP) is 2.14. The van der Waals surface area contributed by atoms with Gasteiger partial charge in [0.15, 0.2) is 0 Å². The molecule has 128 valence electrons. The van der Waals surface area contributed by atoms with Crippen LogP contribution in [0.1, 0.15) is 32.5 Å². The number of hydrogen-bond acceptors (Lipinski definition) is 5. The molecule has 2 amide bonds. The van der Waals surface area contributed by atoms with Crippen molar-refractivity contribution in [2.75, 3.05) is 5.32 Å². The average Bonchev–Trinajstić information content (AvgIpc) is 2.93. The van der Waals surface area contributed by atoms with Crippen LogP contribution >= 0.6 is 11.3 Å². The Morgan fingerprint density at radius 3 is 2.56 bits per heavy atom. The maximum Gasteiger partial charge on any atom is 0.266 e. The number of nitrogens with two attached hydrogens (primary N) is 1. The fourth-order valence-electron chi connectivity index (χ4n) is 2.51. The minimum absolute atomic E-state index is 0.147. The molecule has 25 heavy (non-hydrogen) atoms. The first-order chi connectivity index (χ1) is 11.9. The molecule has 0 saturated carbocycles. The number of rotatable bonds is 4. The second-order valence-corrected chi connectivity index (χ2v) is 6.47. The van der Waals surface area contributed by atoms with Crippen molar-refractivity contribution < 1.29 is 9.59 Å². The summed E-state index contributed by atoms with van der Waals surface area (Å²) in [6.45, 7) is 4.12. The first-order valence-corrected chi connectivity index (χ1v) is 8.43. The molecule has 0 unspecified atom stereocenters. The summed E-state index contributed by atoms with van der Waals surface area (Å²) in [7, 11) is 0. The summed E-state index contributed by atoms with van der Waals surface area (Å²) < 4.78 is 1.51. The smallest absolute Gasteiger partial charge is 0.266 e. The molecule has 2 aromatic heterocycles. The van der Waals surface area contributed by atoms with E-state index in [1.165, 1.54) is 34.4 Å². The fourth-order valence-corrected chi connectivity index (χ4v) is 3.54. The van der Waals surface area contributed by atoms with Crippen LogP contribution in [0.4, 0.5) is 5.69 Å². The zero-order valence-electron chi connectivity index (χ0n) is 13.7. The van der Waals surface area contributed by atoms with Crippen LogP contribution in [0.2, 0.25) is 0 Å². The van der Waals surface area contributed by atoms with Crippen LogP contribution in [-0.4, -0.2) is 21.4 Å². The van der Waals surface area contributed by atoms with Gasteiger partial charge in [-0.3, -0.25) is 19.0 Å². The normalized spacial score (nSPS) is 10.8. The Hall–Kier alpha value is -3.00. The van der Waals surface area contributed by atoms with E-state index in [1.54, 1.807) is 19.1 Å². The second-order valence-electron chi connectivity index (χ2n) is 5.47. The number of aryl methyl sites for hydroxylation is 2. The minimum atomic E-state index is -0.531. The Morgan fingerprint density at radius 2 is 1.96 bits per heavy atom. The van der Waals surface area contributed by atoms with Gasteiger partial charge in [0.2, 0.25) is 5.91 Å². The molecule has 8 heteroatoms. The Labute approximate surface area is 147 Å². The van der Waals surface area contributed by atoms with Gasteiger partial charge in [0.1, 0.15) is 4.83 Å². The number of thiophene rings is 1. The highest BCUT2D eigenvalue weighted by atomic mass is 32.1. The third-order valence-electron chi connectivity index (χ3n) is 3.89. The summed E-state index contributed by atoms with van der Waals surface area (Å²) >= 11 is 1.18. The molecule has 0 fully saturated rings. The van der Waals surface area contributed by atoms with E-state index >= 15 is 0 Å². The Bertz CT molecular complexity index is 1030. The van der Waals surface area contributed by atoms with Gasteiger partial charge in [-0.1, -0.05) is 0 Å². The number of amides is 2. The van der Waals surface area contributed by atoms with Crippen LogP contribution in [-0.2, 0) is 6.54 Å². The Morgan fingerprint density at radius 1 is 1.28 bits per heavy atom. The number of primary amides is 1. The third-order valence-corrected chi connectivity index (χ3v) is 5.09. The van der Waals surface area contributed by atoms with Crippen LogP contribution in [0.15, 0.2) is 35.4 Å². The molecule has 0 aliphatic rings. The number of carbonyl (C=O) groups excluding carboxylic acids is 2. The van der Waals surface area contributed by atoms with Gasteiger partial charge in [-0.15, -0.1) is 11.3 Å². The Balaban J connectivity index is 1.94. The van der Waals surface area contributed by atoms with E-state index in [0.717, 1.165) is 0 Å². The molecule has 2 heterocycles. The molecule has 0 spiro atoms. The predicted molar refractivity (Wildman–Crippen MR) is 97.2 cm³/mol. The lowest BCUT2D eigenvalue weighted by Crippen LogP contribution is -2.19. The Kier molecular flexibility index (Phi) is 4.37.